The molecule has 1 aliphatic rings. The second-order valence-electron chi connectivity index (χ2n) is 4.62. The van der Waals surface area contributed by atoms with Crippen LogP contribution in [0.15, 0.2) is 12.4 Å². The number of hydrogen-bond donors (Lipinski definition) is 2. The number of rotatable bonds is 3. The average molecular weight is 271 g/mol. The monoisotopic (exact) mass is 271 g/mol. The zero-order valence-electron chi connectivity index (χ0n) is 9.75. The number of anilines is 1. The van der Waals surface area contributed by atoms with Crippen LogP contribution in [-0.4, -0.2) is 46.5 Å². The Morgan fingerprint density at radius 3 is 2.61 bits per heavy atom. The number of hydrogen-bond acceptors (Lipinski definition) is 6. The van der Waals surface area contributed by atoms with Gasteiger partial charge in [-0.1, -0.05) is 0 Å². The van der Waals surface area contributed by atoms with Crippen LogP contribution in [0.2, 0.25) is 0 Å². The van der Waals surface area contributed by atoms with Crippen molar-refractivity contribution in [2.75, 3.05) is 16.8 Å². The number of carboxylic acids is 1. The largest absolute Gasteiger partial charge is 0.476 e. The van der Waals surface area contributed by atoms with E-state index >= 15 is 0 Å². The van der Waals surface area contributed by atoms with Gasteiger partial charge in [-0.15, -0.1) is 0 Å². The van der Waals surface area contributed by atoms with E-state index in [2.05, 4.69) is 15.3 Å². The first-order valence-electron chi connectivity index (χ1n) is 5.34. The van der Waals surface area contributed by atoms with Crippen molar-refractivity contribution in [2.45, 2.75) is 18.9 Å². The molecule has 2 rings (SSSR count). The van der Waals surface area contributed by atoms with Crippen LogP contribution in [0.25, 0.3) is 0 Å². The van der Waals surface area contributed by atoms with Crippen molar-refractivity contribution in [3.63, 3.8) is 0 Å². The summed E-state index contributed by atoms with van der Waals surface area (Å²) >= 11 is 0. The summed E-state index contributed by atoms with van der Waals surface area (Å²) in [7, 11) is -3.00. The normalized spacial score (nSPS) is 25.8. The van der Waals surface area contributed by atoms with Gasteiger partial charge in [-0.3, -0.25) is 0 Å². The van der Waals surface area contributed by atoms with Crippen molar-refractivity contribution in [1.82, 2.24) is 9.97 Å². The summed E-state index contributed by atoms with van der Waals surface area (Å²) in [4.78, 5) is 18.2. The molecule has 0 aromatic carbocycles. The zero-order valence-corrected chi connectivity index (χ0v) is 10.6. The lowest BCUT2D eigenvalue weighted by Crippen LogP contribution is -2.36. The molecule has 0 amide bonds. The molecule has 0 bridgehead atoms. The van der Waals surface area contributed by atoms with Crippen LogP contribution >= 0.6 is 0 Å². The molecule has 0 aliphatic carbocycles. The summed E-state index contributed by atoms with van der Waals surface area (Å²) in [5.41, 5.74) is -0.720. The van der Waals surface area contributed by atoms with Gasteiger partial charge in [-0.2, -0.15) is 0 Å². The molecule has 1 unspecified atom stereocenters. The molecule has 1 saturated heterocycles. The summed E-state index contributed by atoms with van der Waals surface area (Å²) in [6.45, 7) is 1.80. The zero-order chi connectivity index (χ0) is 13.4. The SMILES string of the molecule is CC1(Nc2cnc(C(=O)O)cn2)CCS(=O)(=O)C1. The maximum Gasteiger partial charge on any atom is 0.356 e. The Balaban J connectivity index is 2.13. The molecule has 0 radical (unpaired) electrons. The van der Waals surface area contributed by atoms with E-state index in [0.29, 0.717) is 12.2 Å². The summed E-state index contributed by atoms with van der Waals surface area (Å²) in [5.74, 6) is -0.581. The first kappa shape index (κ1) is 12.7. The molecule has 98 valence electrons. The number of aromatic carboxylic acids is 1. The summed E-state index contributed by atoms with van der Waals surface area (Å²) in [5, 5.41) is 11.7. The predicted molar refractivity (Wildman–Crippen MR) is 64.3 cm³/mol. The Hall–Kier alpha value is -1.70. The molecule has 2 heterocycles. The highest BCUT2D eigenvalue weighted by Crippen LogP contribution is 2.26. The van der Waals surface area contributed by atoms with E-state index in [1.807, 2.05) is 0 Å². The van der Waals surface area contributed by atoms with Crippen LogP contribution in [0.4, 0.5) is 5.82 Å². The first-order chi connectivity index (χ1) is 8.30. The molecular weight excluding hydrogens is 258 g/mol. The minimum atomic E-state index is -3.00. The van der Waals surface area contributed by atoms with Gasteiger partial charge in [0.05, 0.1) is 29.4 Å². The van der Waals surface area contributed by atoms with Gasteiger partial charge in [-0.05, 0) is 13.3 Å². The van der Waals surface area contributed by atoms with Crippen LogP contribution in [0.3, 0.4) is 0 Å². The number of nitrogens with zero attached hydrogens (tertiary/aromatic N) is 2. The smallest absolute Gasteiger partial charge is 0.356 e. The lowest BCUT2D eigenvalue weighted by Gasteiger charge is -2.24. The van der Waals surface area contributed by atoms with E-state index in [1.54, 1.807) is 6.92 Å². The molecule has 1 atom stereocenters. The highest BCUT2D eigenvalue weighted by molar-refractivity contribution is 7.91. The third-order valence-electron chi connectivity index (χ3n) is 2.80. The van der Waals surface area contributed by atoms with Crippen LogP contribution < -0.4 is 5.32 Å². The minimum absolute atomic E-state index is 0.0440. The van der Waals surface area contributed by atoms with Gasteiger partial charge in [0.2, 0.25) is 0 Å². The van der Waals surface area contributed by atoms with Gasteiger partial charge < -0.3 is 10.4 Å². The van der Waals surface area contributed by atoms with E-state index in [-0.39, 0.29) is 17.2 Å². The Labute approximate surface area is 104 Å². The summed E-state index contributed by atoms with van der Waals surface area (Å²) in [6.07, 6.45) is 2.93. The molecule has 1 aromatic heterocycles. The number of carboxylic acid groups (broad SMARTS) is 1. The summed E-state index contributed by atoms with van der Waals surface area (Å²) < 4.78 is 22.9. The molecule has 2 N–H and O–H groups in total. The Kier molecular flexibility index (Phi) is 2.97. The highest BCUT2D eigenvalue weighted by Gasteiger charge is 2.38. The fraction of sp³-hybridized carbons (Fsp3) is 0.500. The van der Waals surface area contributed by atoms with Crippen molar-refractivity contribution in [1.29, 1.82) is 0 Å². The van der Waals surface area contributed by atoms with E-state index < -0.39 is 21.3 Å². The Morgan fingerprint density at radius 1 is 1.44 bits per heavy atom. The third kappa shape index (κ3) is 2.76. The minimum Gasteiger partial charge on any atom is -0.476 e. The van der Waals surface area contributed by atoms with Gasteiger partial charge in [0.15, 0.2) is 15.5 Å². The molecule has 1 aliphatic heterocycles. The highest BCUT2D eigenvalue weighted by atomic mass is 32.2. The quantitative estimate of drug-likeness (QED) is 0.806. The lowest BCUT2D eigenvalue weighted by atomic mass is 10.0. The van der Waals surface area contributed by atoms with Crippen LogP contribution in [0.5, 0.6) is 0 Å². The Bertz CT molecular complexity index is 569. The molecule has 8 heteroatoms. The van der Waals surface area contributed by atoms with Crippen molar-refractivity contribution < 1.29 is 18.3 Å². The fourth-order valence-corrected chi connectivity index (χ4v) is 4.01. The average Bonchev–Trinajstić information content (AvgIpc) is 2.53. The van der Waals surface area contributed by atoms with Crippen LogP contribution in [-0.2, 0) is 9.84 Å². The van der Waals surface area contributed by atoms with Crippen LogP contribution in [0, 0.1) is 0 Å². The topological polar surface area (TPSA) is 109 Å². The van der Waals surface area contributed by atoms with Gasteiger partial charge in [0.1, 0.15) is 5.82 Å². The Morgan fingerprint density at radius 2 is 2.17 bits per heavy atom. The number of sulfone groups is 1. The number of aromatic nitrogens is 2. The first-order valence-corrected chi connectivity index (χ1v) is 7.16. The van der Waals surface area contributed by atoms with Crippen LogP contribution in [0.1, 0.15) is 23.8 Å². The summed E-state index contributed by atoms with van der Waals surface area (Å²) in [6, 6.07) is 0. The van der Waals surface area contributed by atoms with Gasteiger partial charge in [0, 0.05) is 0 Å². The second-order valence-corrected chi connectivity index (χ2v) is 6.80. The van der Waals surface area contributed by atoms with Crippen molar-refractivity contribution in [3.8, 4) is 0 Å². The predicted octanol–water partition coefficient (Wildman–Crippen LogP) is 0.164. The van der Waals surface area contributed by atoms with Crippen molar-refractivity contribution in [3.05, 3.63) is 18.1 Å². The van der Waals surface area contributed by atoms with Crippen molar-refractivity contribution >= 4 is 21.6 Å². The van der Waals surface area contributed by atoms with E-state index in [1.165, 1.54) is 6.20 Å². The lowest BCUT2D eigenvalue weighted by molar-refractivity contribution is 0.0690. The second kappa shape index (κ2) is 4.20. The van der Waals surface area contributed by atoms with Gasteiger partial charge >= 0.3 is 5.97 Å². The molecular formula is C10H13N3O4S. The maximum atomic E-state index is 11.4. The number of nitrogens with one attached hydrogen (secondary N) is 1. The number of carbonyl (C=O) groups is 1. The molecule has 0 saturated carbocycles. The van der Waals surface area contributed by atoms with E-state index in [4.69, 9.17) is 5.11 Å². The molecule has 0 spiro atoms. The molecule has 18 heavy (non-hydrogen) atoms. The van der Waals surface area contributed by atoms with Gasteiger partial charge in [0.25, 0.3) is 0 Å². The molecule has 1 aromatic rings. The maximum absolute atomic E-state index is 11.4. The van der Waals surface area contributed by atoms with E-state index in [9.17, 15) is 13.2 Å². The standard InChI is InChI=1S/C10H13N3O4S/c1-10(2-3-18(16,17)6-10)13-8-5-11-7(4-12-8)9(14)15/h4-5H,2-3,6H2,1H3,(H,12,13)(H,14,15). The van der Waals surface area contributed by atoms with Crippen molar-refractivity contribution in [2.24, 2.45) is 0 Å². The van der Waals surface area contributed by atoms with Gasteiger partial charge in [-0.25, -0.2) is 23.2 Å². The van der Waals surface area contributed by atoms with E-state index in [0.717, 1.165) is 6.20 Å². The molecule has 7 nitrogen and oxygen atoms in total. The fourth-order valence-electron chi connectivity index (χ4n) is 1.92. The molecule has 1 fully saturated rings. The third-order valence-corrected chi connectivity index (χ3v) is 4.71.